The number of para-hydroxylation sites is 1. The smallest absolute Gasteiger partial charge is 0.304 e. The number of halogens is 1. The Kier molecular flexibility index (Phi) is 3.52. The van der Waals surface area contributed by atoms with Crippen LogP contribution < -0.4 is 4.90 Å². The number of hydrogen-bond donors (Lipinski definition) is 1. The van der Waals surface area contributed by atoms with Gasteiger partial charge in [-0.05, 0) is 11.6 Å². The molecule has 1 unspecified atom stereocenters. The molecule has 0 aliphatic carbocycles. The maximum Gasteiger partial charge on any atom is 0.304 e. The summed E-state index contributed by atoms with van der Waals surface area (Å²) in [7, 11) is 0. The monoisotopic (exact) mass is 295 g/mol. The highest BCUT2D eigenvalue weighted by Crippen LogP contribution is 2.38. The zero-order valence-electron chi connectivity index (χ0n) is 9.40. The third-order valence-corrected chi connectivity index (χ3v) is 3.19. The highest BCUT2D eigenvalue weighted by atomic mass is 79.9. The molecule has 1 aliphatic heterocycles. The van der Waals surface area contributed by atoms with Gasteiger partial charge in [-0.1, -0.05) is 40.7 Å². The SMILES string of the molecule is C=C(Br)CN1CC(CC(=O)O)c2ccccc21. The van der Waals surface area contributed by atoms with Crippen molar-refractivity contribution in [1.82, 2.24) is 0 Å². The van der Waals surface area contributed by atoms with E-state index < -0.39 is 5.97 Å². The number of hydrogen-bond acceptors (Lipinski definition) is 2. The molecule has 0 radical (unpaired) electrons. The Morgan fingerprint density at radius 1 is 1.53 bits per heavy atom. The largest absolute Gasteiger partial charge is 0.481 e. The summed E-state index contributed by atoms with van der Waals surface area (Å²) in [6.45, 7) is 5.30. The van der Waals surface area contributed by atoms with Crippen molar-refractivity contribution < 1.29 is 9.90 Å². The molecule has 0 amide bonds. The molecule has 17 heavy (non-hydrogen) atoms. The van der Waals surface area contributed by atoms with Gasteiger partial charge in [0.25, 0.3) is 0 Å². The molecule has 0 fully saturated rings. The number of nitrogens with zero attached hydrogens (tertiary/aromatic N) is 1. The molecule has 1 aliphatic rings. The summed E-state index contributed by atoms with van der Waals surface area (Å²) in [6.07, 6.45) is 0.183. The van der Waals surface area contributed by atoms with E-state index in [1.54, 1.807) is 0 Å². The van der Waals surface area contributed by atoms with Crippen LogP contribution in [0.25, 0.3) is 0 Å². The molecule has 2 rings (SSSR count). The number of benzene rings is 1. The molecule has 1 aromatic carbocycles. The van der Waals surface area contributed by atoms with E-state index in [2.05, 4.69) is 27.4 Å². The van der Waals surface area contributed by atoms with Crippen LogP contribution in [0.1, 0.15) is 17.9 Å². The van der Waals surface area contributed by atoms with Gasteiger partial charge in [0.15, 0.2) is 0 Å². The van der Waals surface area contributed by atoms with Gasteiger partial charge >= 0.3 is 5.97 Å². The van der Waals surface area contributed by atoms with Crippen LogP contribution in [0.4, 0.5) is 5.69 Å². The fourth-order valence-electron chi connectivity index (χ4n) is 2.33. The van der Waals surface area contributed by atoms with E-state index >= 15 is 0 Å². The number of rotatable bonds is 4. The minimum atomic E-state index is -0.746. The van der Waals surface area contributed by atoms with Crippen LogP contribution in [0.3, 0.4) is 0 Å². The molecular weight excluding hydrogens is 282 g/mol. The molecule has 3 nitrogen and oxygen atoms in total. The standard InChI is InChI=1S/C13H14BrNO2/c1-9(14)7-15-8-10(6-13(16)17)11-4-2-3-5-12(11)15/h2-5,10H,1,6-8H2,(H,16,17). The van der Waals surface area contributed by atoms with Crippen LogP contribution in [0, 0.1) is 0 Å². The summed E-state index contributed by atoms with van der Waals surface area (Å²) in [5.41, 5.74) is 2.25. The first-order chi connectivity index (χ1) is 8.08. The zero-order chi connectivity index (χ0) is 12.4. The van der Waals surface area contributed by atoms with Gasteiger partial charge in [0, 0.05) is 29.2 Å². The Balaban J connectivity index is 2.26. The van der Waals surface area contributed by atoms with Gasteiger partial charge in [0.2, 0.25) is 0 Å². The van der Waals surface area contributed by atoms with Crippen molar-refractivity contribution in [2.24, 2.45) is 0 Å². The summed E-state index contributed by atoms with van der Waals surface area (Å²) in [6, 6.07) is 7.99. The quantitative estimate of drug-likeness (QED) is 0.928. The lowest BCUT2D eigenvalue weighted by molar-refractivity contribution is -0.137. The van der Waals surface area contributed by atoms with E-state index in [0.29, 0.717) is 6.54 Å². The Labute approximate surface area is 109 Å². The molecule has 1 heterocycles. The Morgan fingerprint density at radius 3 is 2.88 bits per heavy atom. The van der Waals surface area contributed by atoms with Gasteiger partial charge in [-0.2, -0.15) is 0 Å². The van der Waals surface area contributed by atoms with Gasteiger partial charge in [-0.3, -0.25) is 4.79 Å². The van der Waals surface area contributed by atoms with Gasteiger partial charge in [0.05, 0.1) is 6.42 Å². The summed E-state index contributed by atoms with van der Waals surface area (Å²) >= 11 is 3.35. The van der Waals surface area contributed by atoms with E-state index in [1.807, 2.05) is 24.3 Å². The molecule has 0 aromatic heterocycles. The van der Waals surface area contributed by atoms with E-state index in [4.69, 9.17) is 5.11 Å². The summed E-state index contributed by atoms with van der Waals surface area (Å²) in [5, 5.41) is 8.92. The molecule has 1 atom stereocenters. The molecule has 90 valence electrons. The number of carboxylic acids is 1. The summed E-state index contributed by atoms with van der Waals surface area (Å²) in [5.74, 6) is -0.667. The maximum absolute atomic E-state index is 10.8. The number of fused-ring (bicyclic) bond motifs is 1. The van der Waals surface area contributed by atoms with Gasteiger partial charge < -0.3 is 10.0 Å². The van der Waals surface area contributed by atoms with E-state index in [-0.39, 0.29) is 12.3 Å². The van der Waals surface area contributed by atoms with Crippen LogP contribution in [-0.2, 0) is 4.79 Å². The third-order valence-electron chi connectivity index (χ3n) is 2.94. The van der Waals surface area contributed by atoms with Crippen molar-refractivity contribution >= 4 is 27.6 Å². The minimum absolute atomic E-state index is 0.0792. The number of anilines is 1. The van der Waals surface area contributed by atoms with Crippen LogP contribution in [0.15, 0.2) is 35.3 Å². The van der Waals surface area contributed by atoms with Crippen molar-refractivity contribution in [1.29, 1.82) is 0 Å². The predicted molar refractivity (Wildman–Crippen MR) is 71.7 cm³/mol. The average Bonchev–Trinajstić information content (AvgIpc) is 2.56. The highest BCUT2D eigenvalue weighted by Gasteiger charge is 2.29. The zero-order valence-corrected chi connectivity index (χ0v) is 11.0. The average molecular weight is 296 g/mol. The van der Waals surface area contributed by atoms with Crippen LogP contribution in [0.2, 0.25) is 0 Å². The second-order valence-electron chi connectivity index (χ2n) is 4.25. The third kappa shape index (κ3) is 2.69. The fraction of sp³-hybridized carbons (Fsp3) is 0.308. The second-order valence-corrected chi connectivity index (χ2v) is 5.37. The summed E-state index contributed by atoms with van der Waals surface area (Å²) in [4.78, 5) is 13.0. The number of aliphatic carboxylic acids is 1. The van der Waals surface area contributed by atoms with Crippen LogP contribution in [-0.4, -0.2) is 24.2 Å². The first kappa shape index (κ1) is 12.2. The lowest BCUT2D eigenvalue weighted by Gasteiger charge is -2.18. The van der Waals surface area contributed by atoms with E-state index in [1.165, 1.54) is 0 Å². The van der Waals surface area contributed by atoms with Crippen molar-refractivity contribution in [2.45, 2.75) is 12.3 Å². The van der Waals surface area contributed by atoms with Crippen LogP contribution in [0.5, 0.6) is 0 Å². The second kappa shape index (κ2) is 4.92. The van der Waals surface area contributed by atoms with Gasteiger partial charge in [0.1, 0.15) is 0 Å². The van der Waals surface area contributed by atoms with E-state index in [0.717, 1.165) is 22.3 Å². The summed E-state index contributed by atoms with van der Waals surface area (Å²) < 4.78 is 0.906. The van der Waals surface area contributed by atoms with Crippen molar-refractivity contribution in [3.63, 3.8) is 0 Å². The molecule has 1 N–H and O–H groups in total. The highest BCUT2D eigenvalue weighted by molar-refractivity contribution is 9.11. The molecule has 1 aromatic rings. The molecule has 0 spiro atoms. The Bertz CT molecular complexity index is 417. The van der Waals surface area contributed by atoms with Gasteiger partial charge in [-0.15, -0.1) is 0 Å². The van der Waals surface area contributed by atoms with Crippen molar-refractivity contribution in [3.05, 3.63) is 40.9 Å². The normalized spacial score (nSPS) is 17.9. The Morgan fingerprint density at radius 2 is 2.24 bits per heavy atom. The maximum atomic E-state index is 10.8. The van der Waals surface area contributed by atoms with Crippen molar-refractivity contribution in [2.75, 3.05) is 18.0 Å². The molecule has 0 saturated carbocycles. The Hall–Kier alpha value is -1.29. The molecule has 4 heteroatoms. The first-order valence-corrected chi connectivity index (χ1v) is 6.26. The number of carbonyl (C=O) groups is 1. The molecule has 0 bridgehead atoms. The molecule has 0 saturated heterocycles. The van der Waals surface area contributed by atoms with E-state index in [9.17, 15) is 4.79 Å². The van der Waals surface area contributed by atoms with Gasteiger partial charge in [-0.25, -0.2) is 0 Å². The van der Waals surface area contributed by atoms with Crippen LogP contribution >= 0.6 is 15.9 Å². The fourth-order valence-corrected chi connectivity index (χ4v) is 2.63. The molecular formula is C13H14BrNO2. The minimum Gasteiger partial charge on any atom is -0.481 e. The predicted octanol–water partition coefficient (Wildman–Crippen LogP) is 2.97. The lowest BCUT2D eigenvalue weighted by atomic mass is 9.98. The topological polar surface area (TPSA) is 40.5 Å². The van der Waals surface area contributed by atoms with Crippen molar-refractivity contribution in [3.8, 4) is 0 Å². The lowest BCUT2D eigenvalue weighted by Crippen LogP contribution is -2.23. The number of carboxylic acid groups (broad SMARTS) is 1. The first-order valence-electron chi connectivity index (χ1n) is 5.47.